The molecule has 116 valence electrons. The first-order valence-corrected chi connectivity index (χ1v) is 7.03. The Morgan fingerprint density at radius 3 is 2.57 bits per heavy atom. The number of amides is 2. The Hall–Kier alpha value is -1.69. The number of urea groups is 1. The molecule has 2 rings (SSSR count). The van der Waals surface area contributed by atoms with Gasteiger partial charge >= 0.3 is 6.03 Å². The molecule has 0 bridgehead atoms. The topological polar surface area (TPSA) is 44.4 Å². The first-order chi connectivity index (χ1) is 9.89. The minimum Gasteiger partial charge on any atom is -0.325 e. The van der Waals surface area contributed by atoms with Crippen LogP contribution >= 0.6 is 0 Å². The maximum absolute atomic E-state index is 13.2. The number of rotatable bonds is 3. The minimum absolute atomic E-state index is 0.206. The third-order valence-electron chi connectivity index (χ3n) is 3.55. The van der Waals surface area contributed by atoms with Crippen LogP contribution in [-0.2, 0) is 0 Å². The lowest BCUT2D eigenvalue weighted by atomic mass is 10.0. The molecule has 1 fully saturated rings. The van der Waals surface area contributed by atoms with Crippen LogP contribution in [0.1, 0.15) is 25.5 Å². The molecule has 1 aliphatic rings. The number of hydrogen-bond donors (Lipinski definition) is 2. The quantitative estimate of drug-likeness (QED) is 0.900. The van der Waals surface area contributed by atoms with Gasteiger partial charge in [0, 0.05) is 25.2 Å². The van der Waals surface area contributed by atoms with Gasteiger partial charge in [0.05, 0.1) is 0 Å². The monoisotopic (exact) mass is 297 g/mol. The number of alkyl halides is 2. The van der Waals surface area contributed by atoms with Crippen LogP contribution in [0.4, 0.5) is 13.6 Å². The van der Waals surface area contributed by atoms with E-state index in [4.69, 9.17) is 0 Å². The van der Waals surface area contributed by atoms with Crippen molar-refractivity contribution in [3.05, 3.63) is 35.9 Å². The summed E-state index contributed by atoms with van der Waals surface area (Å²) in [6.45, 7) is 5.62. The predicted octanol–water partition coefficient (Wildman–Crippen LogP) is 2.39. The van der Waals surface area contributed by atoms with Crippen LogP contribution in [0.15, 0.2) is 30.3 Å². The SMILES string of the molecule is CC1(C)CN(C(=O)NC(c2ccccc2)C(F)F)CCN1. The highest BCUT2D eigenvalue weighted by atomic mass is 19.3. The number of halogens is 2. The van der Waals surface area contributed by atoms with E-state index in [0.717, 1.165) is 0 Å². The standard InChI is InChI=1S/C15H21F2N3O/c1-15(2)10-20(9-8-18-15)14(21)19-12(13(16)17)11-6-4-3-5-7-11/h3-7,12-13,18H,8-10H2,1-2H3,(H,19,21). The summed E-state index contributed by atoms with van der Waals surface area (Å²) in [4.78, 5) is 13.8. The molecule has 1 heterocycles. The third-order valence-corrected chi connectivity index (χ3v) is 3.55. The lowest BCUT2D eigenvalue weighted by Crippen LogP contribution is -2.60. The van der Waals surface area contributed by atoms with Crippen molar-refractivity contribution in [3.8, 4) is 0 Å². The van der Waals surface area contributed by atoms with E-state index >= 15 is 0 Å². The van der Waals surface area contributed by atoms with Crippen LogP contribution in [0.25, 0.3) is 0 Å². The smallest absolute Gasteiger partial charge is 0.318 e. The molecular formula is C15H21F2N3O. The molecule has 4 nitrogen and oxygen atoms in total. The molecule has 0 aromatic heterocycles. The zero-order valence-corrected chi connectivity index (χ0v) is 12.3. The lowest BCUT2D eigenvalue weighted by Gasteiger charge is -2.39. The first kappa shape index (κ1) is 15.7. The van der Waals surface area contributed by atoms with Gasteiger partial charge in [-0.3, -0.25) is 0 Å². The van der Waals surface area contributed by atoms with E-state index in [1.54, 1.807) is 35.2 Å². The fourth-order valence-electron chi connectivity index (χ4n) is 2.49. The number of hydrogen-bond acceptors (Lipinski definition) is 2. The normalized spacial score (nSPS) is 19.4. The summed E-state index contributed by atoms with van der Waals surface area (Å²) in [5.74, 6) is 0. The van der Waals surface area contributed by atoms with Crippen molar-refractivity contribution in [2.75, 3.05) is 19.6 Å². The number of nitrogens with one attached hydrogen (secondary N) is 2. The van der Waals surface area contributed by atoms with E-state index in [2.05, 4.69) is 10.6 Å². The number of nitrogens with zero attached hydrogens (tertiary/aromatic N) is 1. The number of carbonyl (C=O) groups is 1. The van der Waals surface area contributed by atoms with Crippen LogP contribution in [0.3, 0.4) is 0 Å². The Bertz CT molecular complexity index is 479. The zero-order chi connectivity index (χ0) is 15.5. The molecule has 0 spiro atoms. The molecule has 0 saturated carbocycles. The fraction of sp³-hybridized carbons (Fsp3) is 0.533. The summed E-state index contributed by atoms with van der Waals surface area (Å²) >= 11 is 0. The van der Waals surface area contributed by atoms with Crippen LogP contribution in [0.5, 0.6) is 0 Å². The maximum atomic E-state index is 13.2. The largest absolute Gasteiger partial charge is 0.325 e. The second kappa shape index (κ2) is 6.39. The van der Waals surface area contributed by atoms with Crippen LogP contribution in [-0.4, -0.2) is 42.5 Å². The van der Waals surface area contributed by atoms with E-state index in [-0.39, 0.29) is 5.54 Å². The van der Waals surface area contributed by atoms with Gasteiger partial charge in [-0.25, -0.2) is 13.6 Å². The van der Waals surface area contributed by atoms with Crippen LogP contribution in [0, 0.1) is 0 Å². The van der Waals surface area contributed by atoms with E-state index < -0.39 is 18.5 Å². The van der Waals surface area contributed by atoms with Gasteiger partial charge in [0.15, 0.2) is 0 Å². The van der Waals surface area contributed by atoms with Crippen molar-refractivity contribution in [3.63, 3.8) is 0 Å². The van der Waals surface area contributed by atoms with Gasteiger partial charge in [0.2, 0.25) is 0 Å². The van der Waals surface area contributed by atoms with Gasteiger partial charge < -0.3 is 15.5 Å². The molecule has 2 amide bonds. The summed E-state index contributed by atoms with van der Waals surface area (Å²) in [7, 11) is 0. The van der Waals surface area contributed by atoms with Crippen molar-refractivity contribution in [1.82, 2.24) is 15.5 Å². The van der Waals surface area contributed by atoms with Crippen LogP contribution in [0.2, 0.25) is 0 Å². The average molecular weight is 297 g/mol. The van der Waals surface area contributed by atoms with Gasteiger partial charge in [0.1, 0.15) is 6.04 Å². The zero-order valence-electron chi connectivity index (χ0n) is 12.3. The van der Waals surface area contributed by atoms with E-state index in [1.165, 1.54) is 0 Å². The summed E-state index contributed by atoms with van der Waals surface area (Å²) < 4.78 is 26.4. The van der Waals surface area contributed by atoms with Crippen molar-refractivity contribution in [2.24, 2.45) is 0 Å². The molecule has 1 unspecified atom stereocenters. The Labute approximate surface area is 123 Å². The second-order valence-electron chi connectivity index (χ2n) is 5.90. The highest BCUT2D eigenvalue weighted by Gasteiger charge is 2.31. The average Bonchev–Trinajstić information content (AvgIpc) is 2.44. The molecular weight excluding hydrogens is 276 g/mol. The van der Waals surface area contributed by atoms with Gasteiger partial charge in [-0.15, -0.1) is 0 Å². The third kappa shape index (κ3) is 4.14. The second-order valence-corrected chi connectivity index (χ2v) is 5.90. The van der Waals surface area contributed by atoms with E-state index in [9.17, 15) is 13.6 Å². The summed E-state index contributed by atoms with van der Waals surface area (Å²) in [6, 6.07) is 6.59. The highest BCUT2D eigenvalue weighted by Crippen LogP contribution is 2.21. The lowest BCUT2D eigenvalue weighted by molar-refractivity contribution is 0.0917. The van der Waals surface area contributed by atoms with Crippen molar-refractivity contribution in [2.45, 2.75) is 31.9 Å². The molecule has 2 N–H and O–H groups in total. The molecule has 1 aliphatic heterocycles. The van der Waals surface area contributed by atoms with E-state index in [1.807, 2.05) is 13.8 Å². The van der Waals surface area contributed by atoms with Crippen molar-refractivity contribution >= 4 is 6.03 Å². The maximum Gasteiger partial charge on any atom is 0.318 e. The molecule has 1 aromatic carbocycles. The fourth-order valence-corrected chi connectivity index (χ4v) is 2.49. The molecule has 0 radical (unpaired) electrons. The predicted molar refractivity (Wildman–Crippen MR) is 77.4 cm³/mol. The summed E-state index contributed by atoms with van der Waals surface area (Å²) in [6.07, 6.45) is -2.65. The summed E-state index contributed by atoms with van der Waals surface area (Å²) in [5, 5.41) is 5.73. The molecule has 21 heavy (non-hydrogen) atoms. The molecule has 6 heteroatoms. The Kier molecular flexibility index (Phi) is 4.77. The first-order valence-electron chi connectivity index (χ1n) is 7.03. The van der Waals surface area contributed by atoms with Crippen molar-refractivity contribution in [1.29, 1.82) is 0 Å². The molecule has 1 atom stereocenters. The Morgan fingerprint density at radius 2 is 2.00 bits per heavy atom. The highest BCUT2D eigenvalue weighted by molar-refractivity contribution is 5.75. The van der Waals surface area contributed by atoms with E-state index in [0.29, 0.717) is 25.2 Å². The van der Waals surface area contributed by atoms with Gasteiger partial charge in [0.25, 0.3) is 6.43 Å². The molecule has 0 aliphatic carbocycles. The van der Waals surface area contributed by atoms with Crippen LogP contribution < -0.4 is 10.6 Å². The number of benzene rings is 1. The van der Waals surface area contributed by atoms with Gasteiger partial charge in [-0.05, 0) is 19.4 Å². The van der Waals surface area contributed by atoms with Crippen molar-refractivity contribution < 1.29 is 13.6 Å². The Morgan fingerprint density at radius 1 is 1.33 bits per heavy atom. The minimum atomic E-state index is -2.65. The van der Waals surface area contributed by atoms with Gasteiger partial charge in [-0.1, -0.05) is 30.3 Å². The molecule has 1 saturated heterocycles. The molecule has 1 aromatic rings. The number of carbonyl (C=O) groups excluding carboxylic acids is 1. The van der Waals surface area contributed by atoms with Gasteiger partial charge in [-0.2, -0.15) is 0 Å². The Balaban J connectivity index is 2.05. The number of piperazine rings is 1. The summed E-state index contributed by atoms with van der Waals surface area (Å²) in [5.41, 5.74) is 0.207.